The van der Waals surface area contributed by atoms with Crippen LogP contribution < -0.4 is 0 Å². The van der Waals surface area contributed by atoms with E-state index in [0.717, 1.165) is 6.92 Å². The van der Waals surface area contributed by atoms with Gasteiger partial charge in [-0.05, 0) is 6.92 Å². The van der Waals surface area contributed by atoms with E-state index in [-0.39, 0.29) is 0 Å². The van der Waals surface area contributed by atoms with E-state index < -0.39 is 31.3 Å². The van der Waals surface area contributed by atoms with Crippen molar-refractivity contribution >= 4 is 12.9 Å². The van der Waals surface area contributed by atoms with Gasteiger partial charge in [-0.2, -0.15) is 26.3 Å². The topological polar surface area (TPSA) is 43.4 Å². The number of rotatable bonds is 2. The highest BCUT2D eigenvalue weighted by Crippen LogP contribution is 2.72. The molecule has 0 aliphatic heterocycles. The number of carbonyl (C=O) groups is 1. The van der Waals surface area contributed by atoms with E-state index in [1.165, 1.54) is 0 Å². The lowest BCUT2D eigenvalue weighted by Gasteiger charge is -2.20. The average Bonchev–Trinajstić information content (AvgIpc) is 1.99. The average molecular weight is 258 g/mol. The standard InChI is InChI=1S/C5H5F6O3P/c1-2-14-3(12)15(13,4(6,7)8)5(9,10)11/h2H2,1H3. The van der Waals surface area contributed by atoms with Crippen LogP contribution in [0.15, 0.2) is 0 Å². The monoisotopic (exact) mass is 258 g/mol. The lowest BCUT2D eigenvalue weighted by atomic mass is 10.9. The van der Waals surface area contributed by atoms with Gasteiger partial charge < -0.3 is 4.74 Å². The second kappa shape index (κ2) is 4.03. The van der Waals surface area contributed by atoms with Crippen LogP contribution in [0, 0.1) is 0 Å². The van der Waals surface area contributed by atoms with Gasteiger partial charge in [0.2, 0.25) is 0 Å². The van der Waals surface area contributed by atoms with Crippen LogP contribution in [-0.4, -0.2) is 24.2 Å². The molecular formula is C5H5F6O3P. The summed E-state index contributed by atoms with van der Waals surface area (Å²) >= 11 is 0. The molecule has 0 fully saturated rings. The lowest BCUT2D eigenvalue weighted by molar-refractivity contribution is -0.0927. The molecule has 15 heavy (non-hydrogen) atoms. The maximum Gasteiger partial charge on any atom is 0.459 e. The Hall–Kier alpha value is -0.720. The third kappa shape index (κ3) is 2.45. The van der Waals surface area contributed by atoms with Crippen molar-refractivity contribution in [1.29, 1.82) is 0 Å². The molecule has 0 rings (SSSR count). The van der Waals surface area contributed by atoms with Crippen LogP contribution >= 0.6 is 7.14 Å². The molecule has 0 spiro atoms. The molecule has 0 atom stereocenters. The van der Waals surface area contributed by atoms with Crippen LogP contribution in [0.1, 0.15) is 6.92 Å². The summed E-state index contributed by atoms with van der Waals surface area (Å²) < 4.78 is 85.5. The first-order valence-electron chi connectivity index (χ1n) is 3.39. The Kier molecular flexibility index (Phi) is 3.84. The highest BCUT2D eigenvalue weighted by atomic mass is 31.2. The first-order valence-corrected chi connectivity index (χ1v) is 5.10. The molecule has 0 saturated heterocycles. The lowest BCUT2D eigenvalue weighted by Crippen LogP contribution is -2.28. The SMILES string of the molecule is CCOC(=O)P(=O)(C(F)(F)F)C(F)(F)F. The minimum Gasteiger partial charge on any atom is -0.460 e. The highest BCUT2D eigenvalue weighted by molar-refractivity contribution is 7.81. The van der Waals surface area contributed by atoms with Gasteiger partial charge in [0.05, 0.1) is 6.61 Å². The number of hydrogen-bond acceptors (Lipinski definition) is 3. The Bertz CT molecular complexity index is 274. The molecule has 0 saturated carbocycles. The number of ether oxygens (including phenoxy) is 1. The van der Waals surface area contributed by atoms with Crippen molar-refractivity contribution in [3.63, 3.8) is 0 Å². The van der Waals surface area contributed by atoms with Crippen molar-refractivity contribution in [3.05, 3.63) is 0 Å². The van der Waals surface area contributed by atoms with E-state index in [4.69, 9.17) is 0 Å². The van der Waals surface area contributed by atoms with Crippen LogP contribution in [0.2, 0.25) is 0 Å². The second-order valence-electron chi connectivity index (χ2n) is 2.24. The van der Waals surface area contributed by atoms with E-state index in [1.807, 2.05) is 0 Å². The van der Waals surface area contributed by atoms with Gasteiger partial charge in [0, 0.05) is 0 Å². The molecule has 0 radical (unpaired) electrons. The highest BCUT2D eigenvalue weighted by Gasteiger charge is 2.74. The summed E-state index contributed by atoms with van der Waals surface area (Å²) in [5.41, 5.74) is -2.79. The van der Waals surface area contributed by atoms with Gasteiger partial charge in [-0.15, -0.1) is 0 Å². The normalized spacial score (nSPS) is 13.8. The third-order valence-corrected chi connectivity index (χ3v) is 3.31. The zero-order valence-corrected chi connectivity index (χ0v) is 8.04. The fourth-order valence-corrected chi connectivity index (χ4v) is 1.58. The Morgan fingerprint density at radius 3 is 1.67 bits per heavy atom. The summed E-state index contributed by atoms with van der Waals surface area (Å²) in [4.78, 5) is 10.4. The summed E-state index contributed by atoms with van der Waals surface area (Å²) in [6.45, 7) is 0.268. The molecule has 0 unspecified atom stereocenters. The largest absolute Gasteiger partial charge is 0.460 e. The molecule has 10 heteroatoms. The molecular weight excluding hydrogens is 253 g/mol. The maximum atomic E-state index is 11.9. The summed E-state index contributed by atoms with van der Waals surface area (Å²) in [7, 11) is -7.06. The molecule has 0 bridgehead atoms. The van der Waals surface area contributed by atoms with Crippen LogP contribution in [0.5, 0.6) is 0 Å². The molecule has 0 aromatic carbocycles. The van der Waals surface area contributed by atoms with Gasteiger partial charge >= 0.3 is 24.7 Å². The van der Waals surface area contributed by atoms with Crippen LogP contribution in [0.3, 0.4) is 0 Å². The van der Waals surface area contributed by atoms with Crippen molar-refractivity contribution < 1.29 is 40.4 Å². The van der Waals surface area contributed by atoms with E-state index in [0.29, 0.717) is 0 Å². The van der Waals surface area contributed by atoms with Crippen molar-refractivity contribution in [1.82, 2.24) is 0 Å². The van der Waals surface area contributed by atoms with E-state index in [9.17, 15) is 35.7 Å². The third-order valence-electron chi connectivity index (χ3n) is 1.24. The molecule has 0 aliphatic carbocycles. The van der Waals surface area contributed by atoms with Crippen molar-refractivity contribution in [2.45, 2.75) is 18.8 Å². The van der Waals surface area contributed by atoms with Crippen molar-refractivity contribution in [2.75, 3.05) is 6.61 Å². The van der Waals surface area contributed by atoms with Crippen LogP contribution in [-0.2, 0) is 9.30 Å². The van der Waals surface area contributed by atoms with Crippen LogP contribution in [0.4, 0.5) is 31.1 Å². The van der Waals surface area contributed by atoms with Gasteiger partial charge in [0.25, 0.3) is 0 Å². The van der Waals surface area contributed by atoms with Crippen molar-refractivity contribution in [3.8, 4) is 0 Å². The fourth-order valence-electron chi connectivity index (χ4n) is 0.565. The molecule has 0 aromatic rings. The Morgan fingerprint density at radius 1 is 1.13 bits per heavy atom. The predicted octanol–water partition coefficient (Wildman–Crippen LogP) is 3.55. The predicted molar refractivity (Wildman–Crippen MR) is 36.7 cm³/mol. The molecule has 0 aromatic heterocycles. The van der Waals surface area contributed by atoms with Gasteiger partial charge in [-0.25, -0.2) is 4.79 Å². The zero-order chi connectivity index (χ0) is 12.5. The maximum absolute atomic E-state index is 11.9. The van der Waals surface area contributed by atoms with E-state index in [2.05, 4.69) is 4.74 Å². The number of hydrogen-bond donors (Lipinski definition) is 0. The zero-order valence-electron chi connectivity index (χ0n) is 7.15. The Balaban J connectivity index is 5.45. The van der Waals surface area contributed by atoms with Gasteiger partial charge in [-0.1, -0.05) is 0 Å². The molecule has 0 aliphatic rings. The summed E-state index contributed by atoms with van der Waals surface area (Å²) in [6, 6.07) is 0. The van der Waals surface area contributed by atoms with Crippen LogP contribution in [0.25, 0.3) is 0 Å². The van der Waals surface area contributed by atoms with E-state index >= 15 is 0 Å². The van der Waals surface area contributed by atoms with Gasteiger partial charge in [-0.3, -0.25) is 4.57 Å². The molecule has 0 heterocycles. The second-order valence-corrected chi connectivity index (χ2v) is 4.84. The first-order chi connectivity index (χ1) is 6.48. The molecule has 0 amide bonds. The first kappa shape index (κ1) is 14.3. The Labute approximate surface area is 79.8 Å². The van der Waals surface area contributed by atoms with E-state index in [1.54, 1.807) is 0 Å². The fraction of sp³-hybridized carbons (Fsp3) is 0.800. The molecule has 90 valence electrons. The number of carbonyl (C=O) groups excluding carboxylic acids is 1. The van der Waals surface area contributed by atoms with Crippen molar-refractivity contribution in [2.24, 2.45) is 0 Å². The van der Waals surface area contributed by atoms with Gasteiger partial charge in [0.1, 0.15) is 0 Å². The smallest absolute Gasteiger partial charge is 0.459 e. The molecule has 0 N–H and O–H groups in total. The number of alkyl halides is 6. The van der Waals surface area contributed by atoms with Gasteiger partial charge in [0.15, 0.2) is 0 Å². The minimum absolute atomic E-state index is 0.727. The number of halogens is 6. The summed E-state index contributed by atoms with van der Waals surface area (Å²) in [5.74, 6) is -12.4. The Morgan fingerprint density at radius 2 is 1.47 bits per heavy atom. The molecule has 3 nitrogen and oxygen atoms in total. The summed E-state index contributed by atoms with van der Waals surface area (Å²) in [5, 5.41) is 0. The quantitative estimate of drug-likeness (QED) is 0.562. The summed E-state index contributed by atoms with van der Waals surface area (Å²) in [6.07, 6.45) is 0. The minimum atomic E-state index is -7.06.